The Kier molecular flexibility index (Phi) is 3.01. The van der Waals surface area contributed by atoms with Crippen molar-refractivity contribution in [2.24, 2.45) is 0 Å². The van der Waals surface area contributed by atoms with Crippen LogP contribution in [0.3, 0.4) is 0 Å². The van der Waals surface area contributed by atoms with Gasteiger partial charge in [0.25, 0.3) is 0 Å². The summed E-state index contributed by atoms with van der Waals surface area (Å²) in [7, 11) is 1.50. The number of anilines is 2. The van der Waals surface area contributed by atoms with Gasteiger partial charge in [-0.3, -0.25) is 0 Å². The number of aromatic nitrogens is 3. The van der Waals surface area contributed by atoms with E-state index in [0.717, 1.165) is 6.54 Å². The highest BCUT2D eigenvalue weighted by Crippen LogP contribution is 2.25. The fraction of sp³-hybridized carbons (Fsp3) is 0.700. The van der Waals surface area contributed by atoms with Gasteiger partial charge >= 0.3 is 6.01 Å². The number of nitrogens with two attached hydrogens (primary N) is 1. The quantitative estimate of drug-likeness (QED) is 0.781. The van der Waals surface area contributed by atoms with E-state index in [4.69, 9.17) is 15.2 Å². The molecule has 7 nitrogen and oxygen atoms in total. The Morgan fingerprint density at radius 3 is 2.76 bits per heavy atom. The summed E-state index contributed by atoms with van der Waals surface area (Å²) >= 11 is 0. The highest BCUT2D eigenvalue weighted by Gasteiger charge is 2.33. The van der Waals surface area contributed by atoms with Crippen molar-refractivity contribution in [1.82, 2.24) is 15.0 Å². The maximum Gasteiger partial charge on any atom is 0.322 e. The molecule has 0 aromatic carbocycles. The van der Waals surface area contributed by atoms with Crippen LogP contribution in [0.5, 0.6) is 6.01 Å². The molecule has 0 unspecified atom stereocenters. The van der Waals surface area contributed by atoms with Crippen molar-refractivity contribution in [2.45, 2.75) is 19.4 Å². The minimum Gasteiger partial charge on any atom is -0.467 e. The molecule has 0 radical (unpaired) electrons. The first-order chi connectivity index (χ1) is 8.03. The van der Waals surface area contributed by atoms with Crippen molar-refractivity contribution < 1.29 is 9.47 Å². The molecule has 17 heavy (non-hydrogen) atoms. The Balaban J connectivity index is 2.35. The van der Waals surface area contributed by atoms with Crippen molar-refractivity contribution in [3.05, 3.63) is 0 Å². The lowest BCUT2D eigenvalue weighted by Gasteiger charge is -2.41. The average molecular weight is 239 g/mol. The van der Waals surface area contributed by atoms with Crippen LogP contribution in [-0.2, 0) is 4.74 Å². The van der Waals surface area contributed by atoms with Gasteiger partial charge in [-0.25, -0.2) is 0 Å². The smallest absolute Gasteiger partial charge is 0.322 e. The molecule has 0 bridgehead atoms. The number of hydrogen-bond acceptors (Lipinski definition) is 7. The lowest BCUT2D eigenvalue weighted by atomic mass is 10.0. The van der Waals surface area contributed by atoms with Crippen LogP contribution < -0.4 is 15.4 Å². The summed E-state index contributed by atoms with van der Waals surface area (Å²) in [5.41, 5.74) is 5.46. The highest BCUT2D eigenvalue weighted by molar-refractivity contribution is 5.39. The first-order valence-corrected chi connectivity index (χ1v) is 5.44. The van der Waals surface area contributed by atoms with Crippen LogP contribution in [0.25, 0.3) is 0 Å². The zero-order valence-corrected chi connectivity index (χ0v) is 10.3. The summed E-state index contributed by atoms with van der Waals surface area (Å²) in [6, 6.07) is 0.231. The second-order valence-corrected chi connectivity index (χ2v) is 4.50. The Labute approximate surface area is 100.0 Å². The van der Waals surface area contributed by atoms with Crippen molar-refractivity contribution in [3.8, 4) is 6.01 Å². The molecule has 2 heterocycles. The standard InChI is InChI=1S/C10H17N5O2/c1-10(2)6-17-5-4-15(10)8-12-7(11)13-9(14-8)16-3/h4-6H2,1-3H3,(H2,11,12,13,14). The molecule has 1 aromatic rings. The van der Waals surface area contributed by atoms with Crippen LogP contribution in [0.2, 0.25) is 0 Å². The molecule has 0 amide bonds. The molecule has 2 rings (SSSR count). The molecular formula is C10H17N5O2. The number of nitrogen functional groups attached to an aromatic ring is 1. The van der Waals surface area contributed by atoms with Gasteiger partial charge in [-0.2, -0.15) is 15.0 Å². The Morgan fingerprint density at radius 2 is 2.12 bits per heavy atom. The summed E-state index contributed by atoms with van der Waals surface area (Å²) < 4.78 is 10.4. The molecule has 0 aliphatic carbocycles. The second kappa shape index (κ2) is 4.33. The highest BCUT2D eigenvalue weighted by atomic mass is 16.5. The van der Waals surface area contributed by atoms with Crippen LogP contribution in [0.4, 0.5) is 11.9 Å². The first kappa shape index (κ1) is 11.8. The zero-order chi connectivity index (χ0) is 12.5. The molecule has 0 saturated carbocycles. The van der Waals surface area contributed by atoms with Gasteiger partial charge in [-0.15, -0.1) is 0 Å². The predicted octanol–water partition coefficient (Wildman–Crippen LogP) is 0.0776. The van der Waals surface area contributed by atoms with Crippen molar-refractivity contribution >= 4 is 11.9 Å². The Bertz CT molecular complexity index is 410. The molecule has 0 spiro atoms. The number of morpholine rings is 1. The maximum absolute atomic E-state index is 5.63. The van der Waals surface area contributed by atoms with Gasteiger partial charge in [0.15, 0.2) is 0 Å². The number of nitrogens with zero attached hydrogens (tertiary/aromatic N) is 4. The Morgan fingerprint density at radius 1 is 1.35 bits per heavy atom. The molecule has 1 aliphatic rings. The minimum absolute atomic E-state index is 0.161. The lowest BCUT2D eigenvalue weighted by molar-refractivity contribution is 0.0633. The van der Waals surface area contributed by atoms with E-state index in [1.54, 1.807) is 0 Å². The van der Waals surface area contributed by atoms with Crippen LogP contribution in [0.15, 0.2) is 0 Å². The Hall–Kier alpha value is -1.63. The van der Waals surface area contributed by atoms with Gasteiger partial charge in [0.1, 0.15) is 0 Å². The van der Waals surface area contributed by atoms with Gasteiger partial charge < -0.3 is 20.1 Å². The van der Waals surface area contributed by atoms with Gasteiger partial charge in [0.05, 0.1) is 25.9 Å². The monoisotopic (exact) mass is 239 g/mol. The van der Waals surface area contributed by atoms with Crippen LogP contribution in [0.1, 0.15) is 13.8 Å². The van der Waals surface area contributed by atoms with Gasteiger partial charge in [-0.05, 0) is 13.8 Å². The molecule has 1 fully saturated rings. The third-order valence-electron chi connectivity index (χ3n) is 2.69. The van der Waals surface area contributed by atoms with E-state index in [1.165, 1.54) is 7.11 Å². The summed E-state index contributed by atoms with van der Waals surface area (Å²) in [4.78, 5) is 14.3. The van der Waals surface area contributed by atoms with Crippen molar-refractivity contribution in [3.63, 3.8) is 0 Å². The number of ether oxygens (including phenoxy) is 2. The molecule has 1 saturated heterocycles. The summed E-state index contributed by atoms with van der Waals surface area (Å²) in [5.74, 6) is 0.691. The fourth-order valence-electron chi connectivity index (χ4n) is 1.80. The molecule has 2 N–H and O–H groups in total. The van der Waals surface area contributed by atoms with E-state index >= 15 is 0 Å². The van der Waals surface area contributed by atoms with Gasteiger partial charge in [-0.1, -0.05) is 0 Å². The topological polar surface area (TPSA) is 86.4 Å². The number of methoxy groups -OCH3 is 1. The van der Waals surface area contributed by atoms with Crippen LogP contribution in [-0.4, -0.2) is 47.4 Å². The number of rotatable bonds is 2. The largest absolute Gasteiger partial charge is 0.467 e. The fourth-order valence-corrected chi connectivity index (χ4v) is 1.80. The zero-order valence-electron chi connectivity index (χ0n) is 10.3. The second-order valence-electron chi connectivity index (χ2n) is 4.50. The third-order valence-corrected chi connectivity index (χ3v) is 2.69. The molecule has 94 valence electrons. The summed E-state index contributed by atoms with van der Waals surface area (Å²) in [5, 5.41) is 0. The molecule has 1 aliphatic heterocycles. The maximum atomic E-state index is 5.63. The summed E-state index contributed by atoms with van der Waals surface area (Å²) in [6.07, 6.45) is 0. The molecule has 0 atom stereocenters. The average Bonchev–Trinajstić information content (AvgIpc) is 2.27. The van der Waals surface area contributed by atoms with E-state index in [2.05, 4.69) is 33.7 Å². The number of hydrogen-bond donors (Lipinski definition) is 1. The molecule has 7 heteroatoms. The molecular weight excluding hydrogens is 222 g/mol. The van der Waals surface area contributed by atoms with Crippen LogP contribution >= 0.6 is 0 Å². The van der Waals surface area contributed by atoms with Crippen LogP contribution in [0, 0.1) is 0 Å². The lowest BCUT2D eigenvalue weighted by Crippen LogP contribution is -2.54. The minimum atomic E-state index is -0.170. The SMILES string of the molecule is COc1nc(N)nc(N2CCOCC2(C)C)n1. The van der Waals surface area contributed by atoms with E-state index in [-0.39, 0.29) is 17.5 Å². The summed E-state index contributed by atoms with van der Waals surface area (Å²) in [6.45, 7) is 6.13. The molecule has 1 aromatic heterocycles. The normalized spacial score (nSPS) is 19.1. The first-order valence-electron chi connectivity index (χ1n) is 5.44. The van der Waals surface area contributed by atoms with E-state index in [9.17, 15) is 0 Å². The van der Waals surface area contributed by atoms with E-state index < -0.39 is 0 Å². The van der Waals surface area contributed by atoms with E-state index in [1.807, 2.05) is 0 Å². The van der Waals surface area contributed by atoms with Gasteiger partial charge in [0.2, 0.25) is 11.9 Å². The van der Waals surface area contributed by atoms with Crippen molar-refractivity contribution in [1.29, 1.82) is 0 Å². The van der Waals surface area contributed by atoms with E-state index in [0.29, 0.717) is 19.2 Å². The van der Waals surface area contributed by atoms with Gasteiger partial charge in [0, 0.05) is 6.54 Å². The third kappa shape index (κ3) is 2.38. The predicted molar refractivity (Wildman–Crippen MR) is 63.0 cm³/mol. The van der Waals surface area contributed by atoms with Crippen molar-refractivity contribution in [2.75, 3.05) is 37.5 Å².